The van der Waals surface area contributed by atoms with Crippen molar-refractivity contribution >= 4 is 49.9 Å². The molecule has 1 aromatic heterocycles. The number of carbonyl (C=O) groups excluding carboxylic acids is 1. The molecule has 0 saturated carbocycles. The van der Waals surface area contributed by atoms with Gasteiger partial charge >= 0.3 is 6.18 Å². The van der Waals surface area contributed by atoms with E-state index in [1.807, 2.05) is 23.1 Å². The Bertz CT molecular complexity index is 1080. The molecule has 0 unspecified atom stereocenters. The van der Waals surface area contributed by atoms with E-state index in [9.17, 15) is 18.0 Å². The monoisotopic (exact) mass is 441 g/mol. The normalized spacial score (nSPS) is 14.7. The molecule has 3 aromatic rings. The number of rotatable bonds is 4. The summed E-state index contributed by atoms with van der Waals surface area (Å²) in [5.74, 6) is -0.0133. The van der Waals surface area contributed by atoms with Crippen LogP contribution in [-0.4, -0.2) is 31.1 Å². The molecule has 1 amide bonds. The highest BCUT2D eigenvalue weighted by Crippen LogP contribution is 2.36. The van der Waals surface area contributed by atoms with Crippen LogP contribution >= 0.6 is 22.9 Å². The SMILES string of the molecule is COc1ccc2sc(N3CC(C(=O)Nc4cc(C(F)(F)F)ccc4Cl)C3)nc2c1. The van der Waals surface area contributed by atoms with E-state index in [0.29, 0.717) is 18.8 Å². The lowest BCUT2D eigenvalue weighted by atomic mass is 10.00. The molecule has 29 heavy (non-hydrogen) atoms. The molecule has 5 nitrogen and oxygen atoms in total. The topological polar surface area (TPSA) is 54.5 Å². The Kier molecular flexibility index (Phi) is 5.04. The van der Waals surface area contributed by atoms with E-state index in [4.69, 9.17) is 16.3 Å². The van der Waals surface area contributed by atoms with Gasteiger partial charge in [-0.2, -0.15) is 13.2 Å². The van der Waals surface area contributed by atoms with Gasteiger partial charge < -0.3 is 15.0 Å². The Hall–Kier alpha value is -2.52. The number of methoxy groups -OCH3 is 1. The molecule has 152 valence electrons. The molecule has 1 saturated heterocycles. The molecule has 1 N–H and O–H groups in total. The number of aromatic nitrogens is 1. The number of amides is 1. The summed E-state index contributed by atoms with van der Waals surface area (Å²) in [6.07, 6.45) is -4.51. The van der Waals surface area contributed by atoms with E-state index in [-0.39, 0.29) is 22.5 Å². The molecule has 1 aliphatic heterocycles. The van der Waals surface area contributed by atoms with Gasteiger partial charge in [-0.05, 0) is 30.3 Å². The lowest BCUT2D eigenvalue weighted by Crippen LogP contribution is -2.52. The number of fused-ring (bicyclic) bond motifs is 1. The Morgan fingerprint density at radius 2 is 2.03 bits per heavy atom. The minimum Gasteiger partial charge on any atom is -0.497 e. The highest BCUT2D eigenvalue weighted by atomic mass is 35.5. The first-order chi connectivity index (χ1) is 13.7. The number of benzene rings is 2. The van der Waals surface area contributed by atoms with Crippen LogP contribution in [0.1, 0.15) is 5.56 Å². The molecule has 0 bridgehead atoms. The number of hydrogen-bond donors (Lipinski definition) is 1. The minimum atomic E-state index is -4.51. The van der Waals surface area contributed by atoms with E-state index in [0.717, 1.165) is 33.5 Å². The summed E-state index contributed by atoms with van der Waals surface area (Å²) in [5.41, 5.74) is -0.0950. The number of nitrogens with zero attached hydrogens (tertiary/aromatic N) is 2. The zero-order valence-corrected chi connectivity index (χ0v) is 16.7. The smallest absolute Gasteiger partial charge is 0.416 e. The van der Waals surface area contributed by atoms with Gasteiger partial charge in [0.1, 0.15) is 5.75 Å². The van der Waals surface area contributed by atoms with E-state index < -0.39 is 11.7 Å². The molecule has 1 fully saturated rings. The van der Waals surface area contributed by atoms with Crippen molar-refractivity contribution in [3.05, 3.63) is 47.0 Å². The zero-order valence-electron chi connectivity index (χ0n) is 15.1. The van der Waals surface area contributed by atoms with Crippen LogP contribution in [-0.2, 0) is 11.0 Å². The second kappa shape index (κ2) is 7.38. The summed E-state index contributed by atoms with van der Waals surface area (Å²) in [6, 6.07) is 8.48. The Labute approximate surface area is 173 Å². The molecular formula is C19H15ClF3N3O2S. The highest BCUT2D eigenvalue weighted by molar-refractivity contribution is 7.22. The van der Waals surface area contributed by atoms with Crippen molar-refractivity contribution in [3.63, 3.8) is 0 Å². The van der Waals surface area contributed by atoms with Crippen LogP contribution in [0.4, 0.5) is 24.0 Å². The van der Waals surface area contributed by atoms with E-state index in [2.05, 4.69) is 10.3 Å². The molecular weight excluding hydrogens is 427 g/mol. The molecule has 0 spiro atoms. The largest absolute Gasteiger partial charge is 0.497 e. The standard InChI is InChI=1S/C19H15ClF3N3O2S/c1-28-12-3-5-16-15(7-12)25-18(29-16)26-8-10(9-26)17(27)24-14-6-11(19(21,22)23)2-4-13(14)20/h2-7,10H,8-9H2,1H3,(H,24,27). The summed E-state index contributed by atoms with van der Waals surface area (Å²) in [6.45, 7) is 0.860. The first kappa shape index (κ1) is 19.8. The van der Waals surface area contributed by atoms with Gasteiger partial charge in [0.05, 0.1) is 39.5 Å². The number of anilines is 2. The summed E-state index contributed by atoms with van der Waals surface area (Å²) in [4.78, 5) is 18.9. The Morgan fingerprint density at radius 3 is 2.72 bits per heavy atom. The number of thiazole rings is 1. The van der Waals surface area contributed by atoms with Gasteiger partial charge in [-0.3, -0.25) is 4.79 Å². The van der Waals surface area contributed by atoms with Crippen LogP contribution in [0, 0.1) is 5.92 Å². The van der Waals surface area contributed by atoms with Crippen molar-refractivity contribution < 1.29 is 22.7 Å². The number of halogens is 4. The van der Waals surface area contributed by atoms with Gasteiger partial charge in [0, 0.05) is 19.2 Å². The first-order valence-electron chi connectivity index (χ1n) is 8.62. The van der Waals surface area contributed by atoms with Crippen LogP contribution in [0.3, 0.4) is 0 Å². The fraction of sp³-hybridized carbons (Fsp3) is 0.263. The molecule has 0 radical (unpaired) electrons. The van der Waals surface area contributed by atoms with Gasteiger partial charge in [0.25, 0.3) is 0 Å². The van der Waals surface area contributed by atoms with Gasteiger partial charge in [-0.25, -0.2) is 4.98 Å². The fourth-order valence-corrected chi connectivity index (χ4v) is 4.12. The molecule has 2 heterocycles. The molecule has 1 aliphatic rings. The number of nitrogens with one attached hydrogen (secondary N) is 1. The maximum atomic E-state index is 12.9. The highest BCUT2D eigenvalue weighted by Gasteiger charge is 2.35. The zero-order chi connectivity index (χ0) is 20.8. The van der Waals surface area contributed by atoms with Gasteiger partial charge in [0.15, 0.2) is 5.13 Å². The van der Waals surface area contributed by atoms with Crippen LogP contribution < -0.4 is 15.0 Å². The second-order valence-corrected chi connectivity index (χ2v) is 8.03. The molecule has 0 atom stereocenters. The summed E-state index contributed by atoms with van der Waals surface area (Å²) in [7, 11) is 1.59. The molecule has 10 heteroatoms. The predicted molar refractivity (Wildman–Crippen MR) is 107 cm³/mol. The van der Waals surface area contributed by atoms with Gasteiger partial charge in [0.2, 0.25) is 5.91 Å². The molecule has 2 aromatic carbocycles. The van der Waals surface area contributed by atoms with Crippen molar-refractivity contribution in [2.24, 2.45) is 5.92 Å². The van der Waals surface area contributed by atoms with Crippen LogP contribution in [0.25, 0.3) is 10.2 Å². The predicted octanol–water partition coefficient (Wildman–Crippen LogP) is 5.05. The number of ether oxygens (including phenoxy) is 1. The van der Waals surface area contributed by atoms with Crippen LogP contribution in [0.15, 0.2) is 36.4 Å². The number of carbonyl (C=O) groups is 1. The summed E-state index contributed by atoms with van der Waals surface area (Å²) < 4.78 is 44.8. The first-order valence-corrected chi connectivity index (χ1v) is 9.81. The summed E-state index contributed by atoms with van der Waals surface area (Å²) >= 11 is 7.45. The van der Waals surface area contributed by atoms with Crippen molar-refractivity contribution in [2.45, 2.75) is 6.18 Å². The lowest BCUT2D eigenvalue weighted by Gasteiger charge is -2.38. The van der Waals surface area contributed by atoms with Gasteiger partial charge in [-0.15, -0.1) is 0 Å². The van der Waals surface area contributed by atoms with E-state index in [1.54, 1.807) is 7.11 Å². The average Bonchev–Trinajstić information content (AvgIpc) is 3.03. The van der Waals surface area contributed by atoms with Crippen molar-refractivity contribution in [2.75, 3.05) is 30.4 Å². The minimum absolute atomic E-state index is 0.0444. The van der Waals surface area contributed by atoms with E-state index in [1.165, 1.54) is 11.3 Å². The second-order valence-electron chi connectivity index (χ2n) is 6.61. The third kappa shape index (κ3) is 3.97. The molecule has 0 aliphatic carbocycles. The van der Waals surface area contributed by atoms with E-state index >= 15 is 0 Å². The maximum Gasteiger partial charge on any atom is 0.416 e. The van der Waals surface area contributed by atoms with Crippen LogP contribution in [0.5, 0.6) is 5.75 Å². The Morgan fingerprint density at radius 1 is 1.28 bits per heavy atom. The quantitative estimate of drug-likeness (QED) is 0.615. The van der Waals surface area contributed by atoms with Gasteiger partial charge in [-0.1, -0.05) is 22.9 Å². The third-order valence-electron chi connectivity index (χ3n) is 4.66. The van der Waals surface area contributed by atoms with Crippen molar-refractivity contribution in [3.8, 4) is 5.75 Å². The number of hydrogen-bond acceptors (Lipinski definition) is 5. The van der Waals surface area contributed by atoms with Crippen molar-refractivity contribution in [1.29, 1.82) is 0 Å². The third-order valence-corrected chi connectivity index (χ3v) is 6.08. The lowest BCUT2D eigenvalue weighted by molar-refractivity contribution is -0.137. The fourth-order valence-electron chi connectivity index (χ4n) is 2.99. The molecule has 4 rings (SSSR count). The average molecular weight is 442 g/mol. The maximum absolute atomic E-state index is 12.9. The Balaban J connectivity index is 1.42. The van der Waals surface area contributed by atoms with Crippen molar-refractivity contribution in [1.82, 2.24) is 4.98 Å². The van der Waals surface area contributed by atoms with Crippen LogP contribution in [0.2, 0.25) is 5.02 Å². The number of alkyl halides is 3. The summed E-state index contributed by atoms with van der Waals surface area (Å²) in [5, 5.41) is 3.35.